The van der Waals surface area contributed by atoms with E-state index in [2.05, 4.69) is 0 Å². The molecule has 2 saturated carbocycles. The van der Waals surface area contributed by atoms with Crippen LogP contribution in [0.1, 0.15) is 32.1 Å². The molecule has 0 aromatic carbocycles. The van der Waals surface area contributed by atoms with E-state index in [1.54, 1.807) is 0 Å². The van der Waals surface area contributed by atoms with Gasteiger partial charge in [0, 0.05) is 18.6 Å². The van der Waals surface area contributed by atoms with Crippen molar-refractivity contribution in [3.63, 3.8) is 0 Å². The third kappa shape index (κ3) is 0.859. The van der Waals surface area contributed by atoms with Crippen molar-refractivity contribution >= 4 is 0 Å². The zero-order valence-electron chi connectivity index (χ0n) is 7.18. The molecular formula is C9H17NO. The zero-order valence-corrected chi connectivity index (χ0v) is 7.18. The van der Waals surface area contributed by atoms with Gasteiger partial charge in [-0.1, -0.05) is 12.8 Å². The molecule has 0 bridgehead atoms. The number of rotatable bonds is 1. The van der Waals surface area contributed by atoms with Crippen LogP contribution in [0.3, 0.4) is 0 Å². The average molecular weight is 155 g/mol. The fourth-order valence-corrected chi connectivity index (χ4v) is 2.84. The normalized spacial score (nSPS) is 40.9. The lowest BCUT2D eigenvalue weighted by molar-refractivity contribution is -0.104. The molecular weight excluding hydrogens is 138 g/mol. The SMILES string of the molecule is COC1CC(N)C12CCCC2. The smallest absolute Gasteiger partial charge is 0.0657 e. The van der Waals surface area contributed by atoms with Gasteiger partial charge in [0.25, 0.3) is 0 Å². The molecule has 2 fully saturated rings. The highest BCUT2D eigenvalue weighted by Crippen LogP contribution is 2.53. The van der Waals surface area contributed by atoms with Crippen molar-refractivity contribution in [3.05, 3.63) is 0 Å². The highest BCUT2D eigenvalue weighted by molar-refractivity contribution is 5.08. The summed E-state index contributed by atoms with van der Waals surface area (Å²) in [6, 6.07) is 0.426. The van der Waals surface area contributed by atoms with Gasteiger partial charge in [-0.3, -0.25) is 0 Å². The Balaban J connectivity index is 2.08. The summed E-state index contributed by atoms with van der Waals surface area (Å²) in [5.74, 6) is 0. The summed E-state index contributed by atoms with van der Waals surface area (Å²) < 4.78 is 5.41. The van der Waals surface area contributed by atoms with E-state index in [0.29, 0.717) is 17.6 Å². The Hall–Kier alpha value is -0.0800. The van der Waals surface area contributed by atoms with Crippen LogP contribution >= 0.6 is 0 Å². The van der Waals surface area contributed by atoms with Gasteiger partial charge in [-0.25, -0.2) is 0 Å². The molecule has 2 aliphatic carbocycles. The number of methoxy groups -OCH3 is 1. The predicted octanol–water partition coefficient (Wildman–Crippen LogP) is 1.29. The Morgan fingerprint density at radius 1 is 1.36 bits per heavy atom. The fraction of sp³-hybridized carbons (Fsp3) is 1.00. The zero-order chi connectivity index (χ0) is 7.90. The standard InChI is InChI=1S/C9H17NO/c1-11-8-6-7(10)9(8)4-2-3-5-9/h7-8H,2-6,10H2,1H3. The lowest BCUT2D eigenvalue weighted by Crippen LogP contribution is -2.60. The molecule has 2 heteroatoms. The van der Waals surface area contributed by atoms with Crippen LogP contribution in [0.2, 0.25) is 0 Å². The maximum atomic E-state index is 6.00. The van der Waals surface area contributed by atoms with Crippen LogP contribution in [0, 0.1) is 5.41 Å². The van der Waals surface area contributed by atoms with Crippen molar-refractivity contribution in [1.29, 1.82) is 0 Å². The van der Waals surface area contributed by atoms with E-state index in [9.17, 15) is 0 Å². The summed E-state index contributed by atoms with van der Waals surface area (Å²) in [7, 11) is 1.82. The monoisotopic (exact) mass is 155 g/mol. The van der Waals surface area contributed by atoms with E-state index < -0.39 is 0 Å². The quantitative estimate of drug-likeness (QED) is 0.619. The highest BCUT2D eigenvalue weighted by atomic mass is 16.5. The minimum atomic E-state index is 0.398. The first-order valence-electron chi connectivity index (χ1n) is 4.58. The number of ether oxygens (including phenoxy) is 1. The van der Waals surface area contributed by atoms with Gasteiger partial charge in [0.15, 0.2) is 0 Å². The van der Waals surface area contributed by atoms with Crippen LogP contribution in [0.25, 0.3) is 0 Å². The van der Waals surface area contributed by atoms with Crippen molar-refractivity contribution in [3.8, 4) is 0 Å². The van der Waals surface area contributed by atoms with E-state index in [1.165, 1.54) is 25.7 Å². The average Bonchev–Trinajstić information content (AvgIpc) is 2.50. The van der Waals surface area contributed by atoms with Gasteiger partial charge in [-0.15, -0.1) is 0 Å². The van der Waals surface area contributed by atoms with Gasteiger partial charge >= 0.3 is 0 Å². The summed E-state index contributed by atoms with van der Waals surface area (Å²) in [4.78, 5) is 0. The van der Waals surface area contributed by atoms with Crippen LogP contribution in [-0.2, 0) is 4.74 Å². The Morgan fingerprint density at radius 3 is 2.45 bits per heavy atom. The van der Waals surface area contributed by atoms with Gasteiger partial charge in [-0.05, 0) is 19.3 Å². The third-order valence-electron chi connectivity index (χ3n) is 3.67. The molecule has 0 aliphatic heterocycles. The van der Waals surface area contributed by atoms with Crippen LogP contribution in [0.5, 0.6) is 0 Å². The number of hydrogen-bond acceptors (Lipinski definition) is 2. The van der Waals surface area contributed by atoms with Gasteiger partial charge < -0.3 is 10.5 Å². The summed E-state index contributed by atoms with van der Waals surface area (Å²) in [6.45, 7) is 0. The van der Waals surface area contributed by atoms with E-state index >= 15 is 0 Å². The lowest BCUT2D eigenvalue weighted by Gasteiger charge is -2.51. The predicted molar refractivity (Wildman–Crippen MR) is 44.3 cm³/mol. The second kappa shape index (κ2) is 2.46. The van der Waals surface area contributed by atoms with E-state index in [0.717, 1.165) is 6.42 Å². The first kappa shape index (κ1) is 7.56. The number of hydrogen-bond donors (Lipinski definition) is 1. The molecule has 0 radical (unpaired) electrons. The molecule has 0 aromatic heterocycles. The minimum Gasteiger partial charge on any atom is -0.381 e. The molecule has 1 spiro atoms. The van der Waals surface area contributed by atoms with E-state index in [-0.39, 0.29) is 0 Å². The molecule has 0 amide bonds. The van der Waals surface area contributed by atoms with Gasteiger partial charge in [-0.2, -0.15) is 0 Å². The Labute approximate surface area is 68.1 Å². The molecule has 2 N–H and O–H groups in total. The van der Waals surface area contributed by atoms with Crippen molar-refractivity contribution in [2.45, 2.75) is 44.2 Å². The highest BCUT2D eigenvalue weighted by Gasteiger charge is 2.54. The van der Waals surface area contributed by atoms with Crippen molar-refractivity contribution in [2.75, 3.05) is 7.11 Å². The maximum Gasteiger partial charge on any atom is 0.0657 e. The van der Waals surface area contributed by atoms with Crippen LogP contribution in [0.15, 0.2) is 0 Å². The van der Waals surface area contributed by atoms with Crippen molar-refractivity contribution in [1.82, 2.24) is 0 Å². The third-order valence-corrected chi connectivity index (χ3v) is 3.67. The van der Waals surface area contributed by atoms with Crippen LogP contribution < -0.4 is 5.73 Å². The van der Waals surface area contributed by atoms with Crippen LogP contribution in [0.4, 0.5) is 0 Å². The molecule has 0 aromatic rings. The Bertz CT molecular complexity index is 152. The first-order valence-corrected chi connectivity index (χ1v) is 4.58. The Kier molecular flexibility index (Phi) is 1.69. The summed E-state index contributed by atoms with van der Waals surface area (Å²) >= 11 is 0. The largest absolute Gasteiger partial charge is 0.381 e. The van der Waals surface area contributed by atoms with Gasteiger partial charge in [0.2, 0.25) is 0 Å². The maximum absolute atomic E-state index is 6.00. The topological polar surface area (TPSA) is 35.2 Å². The molecule has 0 heterocycles. The minimum absolute atomic E-state index is 0.398. The van der Waals surface area contributed by atoms with E-state index in [1.807, 2.05) is 7.11 Å². The second-order valence-electron chi connectivity index (χ2n) is 4.01. The van der Waals surface area contributed by atoms with Gasteiger partial charge in [0.1, 0.15) is 0 Å². The van der Waals surface area contributed by atoms with Crippen molar-refractivity contribution in [2.24, 2.45) is 11.1 Å². The molecule has 64 valence electrons. The molecule has 2 nitrogen and oxygen atoms in total. The second-order valence-corrected chi connectivity index (χ2v) is 4.01. The first-order chi connectivity index (χ1) is 5.29. The molecule has 2 rings (SSSR count). The Morgan fingerprint density at radius 2 is 2.00 bits per heavy atom. The molecule has 2 atom stereocenters. The lowest BCUT2D eigenvalue weighted by atomic mass is 9.61. The van der Waals surface area contributed by atoms with Crippen molar-refractivity contribution < 1.29 is 4.74 Å². The summed E-state index contributed by atoms with van der Waals surface area (Å²) in [5.41, 5.74) is 6.40. The molecule has 2 aliphatic rings. The molecule has 11 heavy (non-hydrogen) atoms. The van der Waals surface area contributed by atoms with E-state index in [4.69, 9.17) is 10.5 Å². The number of nitrogens with two attached hydrogens (primary N) is 1. The molecule has 0 saturated heterocycles. The summed E-state index contributed by atoms with van der Waals surface area (Å²) in [5, 5.41) is 0. The summed E-state index contributed by atoms with van der Waals surface area (Å²) in [6.07, 6.45) is 6.86. The molecule has 2 unspecified atom stereocenters. The fourth-order valence-electron chi connectivity index (χ4n) is 2.84. The van der Waals surface area contributed by atoms with Gasteiger partial charge in [0.05, 0.1) is 6.10 Å². The van der Waals surface area contributed by atoms with Crippen LogP contribution in [-0.4, -0.2) is 19.3 Å².